The molecule has 0 atom stereocenters. The number of ether oxygens (including phenoxy) is 1. The summed E-state index contributed by atoms with van der Waals surface area (Å²) >= 11 is 0. The van der Waals surface area contributed by atoms with Crippen LogP contribution in [0.5, 0.6) is 11.5 Å². The topological polar surface area (TPSA) is 33.5 Å². The Morgan fingerprint density at radius 3 is 1.88 bits per heavy atom. The second-order valence-corrected chi connectivity index (χ2v) is 20.3. The van der Waals surface area contributed by atoms with Gasteiger partial charge in [-0.15, -0.1) is 48.1 Å². The average Bonchev–Trinajstić information content (AvgIpc) is 3.85. The van der Waals surface area contributed by atoms with E-state index in [0.717, 1.165) is 55.9 Å². The van der Waals surface area contributed by atoms with Crippen molar-refractivity contribution in [3.05, 3.63) is 199 Å². The number of anilines is 4. The number of hydrogen-bond acceptors (Lipinski definition) is 4. The smallest absolute Gasteiger partial charge is 0.135 e. The molecule has 0 spiro atoms. The van der Waals surface area contributed by atoms with Crippen LogP contribution < -0.4 is 14.5 Å². The van der Waals surface area contributed by atoms with E-state index < -0.39 is 0 Å². The van der Waals surface area contributed by atoms with Crippen molar-refractivity contribution in [3.63, 3.8) is 0 Å². The third-order valence-corrected chi connectivity index (χ3v) is 12.6. The number of para-hydroxylation sites is 2. The average molecular weight is 1040 g/mol. The molecule has 0 saturated heterocycles. The standard InChI is InChI=1S/C60H55N4O.Pt/c1-58(2,3)43-30-31-61-56(36-43)64-53-29-26-41(40-18-12-10-13-19-40)34-52(53)51-28-27-49(38-55(51)64)65-48-23-16-22-47(37-48)62-39-63(46-20-14-11-15-21-46)57-50(24-17-25-54(57)62)42-32-44(59(4,5)6)35-45(33-42)60(7,8)9;/h10-36,39H,1-9H3;/q-3;. The Morgan fingerprint density at radius 2 is 1.18 bits per heavy atom. The van der Waals surface area contributed by atoms with E-state index in [1.54, 1.807) is 0 Å². The molecular weight excluding hydrogens is 988 g/mol. The Morgan fingerprint density at radius 1 is 0.515 bits per heavy atom. The fourth-order valence-electron chi connectivity index (χ4n) is 8.87. The molecule has 5 nitrogen and oxygen atoms in total. The van der Waals surface area contributed by atoms with Crippen molar-refractivity contribution in [1.82, 2.24) is 9.55 Å². The van der Waals surface area contributed by atoms with E-state index in [0.29, 0.717) is 11.5 Å². The number of aromatic nitrogens is 2. The SMILES string of the molecule is CC(C)(C)c1cc(-c2cccc3c2N(c2ccccc2)[CH-]N3c2[c-]c(Oc3[c-]c4c(cc3)c3cc(-c5ccccc5)ccc3n4-c3cc(C(C)(C)C)ccn3)ccc2)cc(C(C)(C)C)c1.[Pt]. The third-order valence-electron chi connectivity index (χ3n) is 12.6. The van der Waals surface area contributed by atoms with Gasteiger partial charge in [-0.05, 0) is 91.4 Å². The predicted octanol–water partition coefficient (Wildman–Crippen LogP) is 16.2. The molecule has 7 aromatic carbocycles. The van der Waals surface area contributed by atoms with E-state index >= 15 is 0 Å². The van der Waals surface area contributed by atoms with Crippen LogP contribution in [0.2, 0.25) is 0 Å². The Bertz CT molecular complexity index is 3190. The van der Waals surface area contributed by atoms with E-state index in [1.165, 1.54) is 33.4 Å². The van der Waals surface area contributed by atoms with Crippen LogP contribution in [0.3, 0.4) is 0 Å². The minimum absolute atomic E-state index is 0. The van der Waals surface area contributed by atoms with Gasteiger partial charge in [-0.25, -0.2) is 4.98 Å². The largest absolute Gasteiger partial charge is 0.509 e. The molecule has 0 unspecified atom stereocenters. The summed E-state index contributed by atoms with van der Waals surface area (Å²) in [5, 5.41) is 2.21. The summed E-state index contributed by atoms with van der Waals surface area (Å²) in [6.07, 6.45) is 1.91. The second-order valence-electron chi connectivity index (χ2n) is 20.3. The van der Waals surface area contributed by atoms with Gasteiger partial charge < -0.3 is 19.1 Å². The number of pyridine rings is 1. The third kappa shape index (κ3) is 8.46. The van der Waals surface area contributed by atoms with Crippen molar-refractivity contribution < 1.29 is 25.8 Å². The molecule has 0 amide bonds. The molecule has 0 fully saturated rings. The molecule has 334 valence electrons. The number of nitrogens with zero attached hydrogens (tertiary/aromatic N) is 4. The normalized spacial score (nSPS) is 13.0. The van der Waals surface area contributed by atoms with E-state index in [1.807, 2.05) is 24.4 Å². The van der Waals surface area contributed by atoms with Gasteiger partial charge in [-0.1, -0.05) is 159 Å². The number of hydrogen-bond donors (Lipinski definition) is 0. The molecule has 66 heavy (non-hydrogen) atoms. The molecule has 0 aliphatic carbocycles. The first kappa shape index (κ1) is 44.8. The van der Waals surface area contributed by atoms with E-state index in [9.17, 15) is 0 Å². The Kier molecular flexibility index (Phi) is 11.6. The summed E-state index contributed by atoms with van der Waals surface area (Å²) in [4.78, 5) is 9.46. The fraction of sp³-hybridized carbons (Fsp3) is 0.200. The summed E-state index contributed by atoms with van der Waals surface area (Å²) in [7, 11) is 0. The Labute approximate surface area is 405 Å². The van der Waals surface area contributed by atoms with Crippen LogP contribution in [0, 0.1) is 18.8 Å². The Hall–Kier alpha value is -6.42. The second kappa shape index (κ2) is 17.1. The summed E-state index contributed by atoms with van der Waals surface area (Å²) < 4.78 is 8.95. The van der Waals surface area contributed by atoms with Crippen molar-refractivity contribution >= 4 is 44.6 Å². The van der Waals surface area contributed by atoms with E-state index in [-0.39, 0.29) is 37.3 Å². The quantitative estimate of drug-likeness (QED) is 0.149. The van der Waals surface area contributed by atoms with Crippen molar-refractivity contribution in [1.29, 1.82) is 0 Å². The molecule has 0 N–H and O–H groups in total. The summed E-state index contributed by atoms with van der Waals surface area (Å²) in [6, 6.07) is 63.5. The van der Waals surface area contributed by atoms with E-state index in [4.69, 9.17) is 9.72 Å². The molecule has 0 bridgehead atoms. The zero-order valence-corrected chi connectivity index (χ0v) is 41.5. The first-order valence-electron chi connectivity index (χ1n) is 22.6. The van der Waals surface area contributed by atoms with Crippen molar-refractivity contribution in [2.45, 2.75) is 78.6 Å². The van der Waals surface area contributed by atoms with Crippen LogP contribution in [0.15, 0.2) is 164 Å². The molecule has 6 heteroatoms. The van der Waals surface area contributed by atoms with Gasteiger partial charge in [0, 0.05) is 66.9 Å². The minimum Gasteiger partial charge on any atom is -0.509 e. The first-order chi connectivity index (χ1) is 31.1. The van der Waals surface area contributed by atoms with Gasteiger partial charge in [0.1, 0.15) is 5.82 Å². The van der Waals surface area contributed by atoms with Gasteiger partial charge >= 0.3 is 0 Å². The van der Waals surface area contributed by atoms with Crippen molar-refractivity contribution in [3.8, 4) is 39.6 Å². The van der Waals surface area contributed by atoms with Crippen LogP contribution in [0.1, 0.15) is 79.0 Å². The van der Waals surface area contributed by atoms with Crippen molar-refractivity contribution in [2.75, 3.05) is 9.80 Å². The van der Waals surface area contributed by atoms with E-state index in [2.05, 4.69) is 235 Å². The molecule has 9 aromatic rings. The maximum Gasteiger partial charge on any atom is 0.135 e. The zero-order valence-electron chi connectivity index (χ0n) is 39.2. The van der Waals surface area contributed by atoms with Gasteiger partial charge in [0.2, 0.25) is 0 Å². The molecular formula is C60H55N4OPt-3. The minimum atomic E-state index is -0.0458. The number of benzene rings is 7. The van der Waals surface area contributed by atoms with Gasteiger partial charge in [0.15, 0.2) is 0 Å². The Balaban J connectivity index is 0.00000548. The van der Waals surface area contributed by atoms with Crippen LogP contribution in [-0.4, -0.2) is 9.55 Å². The molecule has 1 aliphatic rings. The predicted molar refractivity (Wildman–Crippen MR) is 271 cm³/mol. The monoisotopic (exact) mass is 1040 g/mol. The van der Waals surface area contributed by atoms with Gasteiger partial charge in [0.05, 0.1) is 0 Å². The van der Waals surface area contributed by atoms with Crippen LogP contribution >= 0.6 is 0 Å². The summed E-state index contributed by atoms with van der Waals surface area (Å²) in [6.45, 7) is 22.7. The first-order valence-corrected chi connectivity index (χ1v) is 22.6. The summed E-state index contributed by atoms with van der Waals surface area (Å²) in [5.41, 5.74) is 14.6. The zero-order chi connectivity index (χ0) is 45.3. The van der Waals surface area contributed by atoms with Gasteiger partial charge in [-0.2, -0.15) is 12.1 Å². The molecule has 2 aromatic heterocycles. The van der Waals surface area contributed by atoms with Crippen LogP contribution in [-0.2, 0) is 37.3 Å². The van der Waals surface area contributed by atoms with Gasteiger partial charge in [-0.3, -0.25) is 0 Å². The van der Waals surface area contributed by atoms with Crippen LogP contribution in [0.25, 0.3) is 49.9 Å². The number of rotatable bonds is 7. The van der Waals surface area contributed by atoms with Gasteiger partial charge in [0.25, 0.3) is 0 Å². The molecule has 0 saturated carbocycles. The molecule has 1 aliphatic heterocycles. The van der Waals surface area contributed by atoms with Crippen molar-refractivity contribution in [2.24, 2.45) is 0 Å². The maximum absolute atomic E-state index is 6.73. The maximum atomic E-state index is 6.73. The number of fused-ring (bicyclic) bond motifs is 4. The molecule has 0 radical (unpaired) electrons. The molecule has 10 rings (SSSR count). The summed E-state index contributed by atoms with van der Waals surface area (Å²) in [5.74, 6) is 2.03. The fourth-order valence-corrected chi connectivity index (χ4v) is 8.87. The van der Waals surface area contributed by atoms with Crippen LogP contribution in [0.4, 0.5) is 22.7 Å². The molecule has 3 heterocycles.